The van der Waals surface area contributed by atoms with Crippen molar-refractivity contribution < 1.29 is 13.6 Å². The quantitative estimate of drug-likeness (QED) is 0.619. The van der Waals surface area contributed by atoms with E-state index in [0.717, 1.165) is 10.6 Å². The number of hydrogen-bond acceptors (Lipinski definition) is 4. The molecular formula is C20H18F2N4O3. The summed E-state index contributed by atoms with van der Waals surface area (Å²) in [4.78, 5) is 43.5. The minimum atomic E-state index is -0.953. The Kier molecular flexibility index (Phi) is 4.33. The van der Waals surface area contributed by atoms with Crippen molar-refractivity contribution in [2.24, 2.45) is 14.1 Å². The Hall–Kier alpha value is -3.36. The Balaban J connectivity index is 1.78. The van der Waals surface area contributed by atoms with Gasteiger partial charge in [-0.25, -0.2) is 18.6 Å². The molecule has 0 N–H and O–H groups in total. The van der Waals surface area contributed by atoms with Crippen LogP contribution in [-0.2, 0) is 27.1 Å². The number of fused-ring (bicyclic) bond motifs is 2. The van der Waals surface area contributed by atoms with Crippen LogP contribution in [0.15, 0.2) is 27.9 Å². The Morgan fingerprint density at radius 2 is 1.72 bits per heavy atom. The average Bonchev–Trinajstić information content (AvgIpc) is 2.70. The lowest BCUT2D eigenvalue weighted by Gasteiger charge is -2.29. The minimum absolute atomic E-state index is 0.133. The summed E-state index contributed by atoms with van der Waals surface area (Å²) in [5.74, 6) is -2.21. The predicted molar refractivity (Wildman–Crippen MR) is 102 cm³/mol. The van der Waals surface area contributed by atoms with Crippen LogP contribution in [0.25, 0.3) is 11.0 Å². The number of carbonyl (C=O) groups is 1. The minimum Gasteiger partial charge on any atom is -0.334 e. The van der Waals surface area contributed by atoms with E-state index in [0.29, 0.717) is 29.7 Å². The molecular weight excluding hydrogens is 382 g/mol. The molecule has 29 heavy (non-hydrogen) atoms. The van der Waals surface area contributed by atoms with Gasteiger partial charge in [0.15, 0.2) is 11.6 Å². The van der Waals surface area contributed by atoms with Crippen molar-refractivity contribution in [1.82, 2.24) is 19.0 Å². The molecule has 7 nitrogen and oxygen atoms in total. The second kappa shape index (κ2) is 6.61. The average molecular weight is 400 g/mol. The summed E-state index contributed by atoms with van der Waals surface area (Å²) in [5, 5.41) is 0.200. The van der Waals surface area contributed by atoms with Gasteiger partial charge in [-0.05, 0) is 42.2 Å². The molecule has 9 heteroatoms. The maximum Gasteiger partial charge on any atom is 0.332 e. The van der Waals surface area contributed by atoms with Crippen molar-refractivity contribution in [3.63, 3.8) is 0 Å². The van der Waals surface area contributed by atoms with Gasteiger partial charge in [0.1, 0.15) is 5.65 Å². The number of carbonyl (C=O) groups excluding carboxylic acids is 1. The van der Waals surface area contributed by atoms with Crippen LogP contribution in [0.2, 0.25) is 0 Å². The molecule has 0 unspecified atom stereocenters. The fourth-order valence-corrected chi connectivity index (χ4v) is 3.78. The second-order valence-electron chi connectivity index (χ2n) is 7.21. The van der Waals surface area contributed by atoms with Crippen LogP contribution in [-0.4, -0.2) is 31.5 Å². The number of nitrogens with zero attached hydrogens (tertiary/aromatic N) is 4. The molecule has 2 aromatic heterocycles. The van der Waals surface area contributed by atoms with Gasteiger partial charge in [-0.2, -0.15) is 0 Å². The molecule has 1 amide bonds. The summed E-state index contributed by atoms with van der Waals surface area (Å²) in [5.41, 5.74) is 1.05. The first-order valence-electron chi connectivity index (χ1n) is 9.02. The molecule has 1 aliphatic heterocycles. The van der Waals surface area contributed by atoms with E-state index in [1.807, 2.05) is 0 Å². The Morgan fingerprint density at radius 3 is 2.41 bits per heavy atom. The molecule has 1 aromatic carbocycles. The van der Waals surface area contributed by atoms with Crippen LogP contribution in [0.1, 0.15) is 27.0 Å². The highest BCUT2D eigenvalue weighted by atomic mass is 19.2. The lowest BCUT2D eigenvalue weighted by Crippen LogP contribution is -2.39. The third kappa shape index (κ3) is 2.84. The fourth-order valence-electron chi connectivity index (χ4n) is 3.78. The second-order valence-corrected chi connectivity index (χ2v) is 7.21. The molecule has 150 valence electrons. The molecule has 0 bridgehead atoms. The monoisotopic (exact) mass is 400 g/mol. The van der Waals surface area contributed by atoms with Gasteiger partial charge >= 0.3 is 5.69 Å². The molecule has 0 saturated carbocycles. The van der Waals surface area contributed by atoms with Crippen molar-refractivity contribution in [2.75, 3.05) is 6.54 Å². The smallest absolute Gasteiger partial charge is 0.332 e. The van der Waals surface area contributed by atoms with E-state index in [9.17, 15) is 23.2 Å². The lowest BCUT2D eigenvalue weighted by atomic mass is 9.98. The number of pyridine rings is 1. The molecule has 0 saturated heterocycles. The van der Waals surface area contributed by atoms with Crippen molar-refractivity contribution >= 4 is 16.9 Å². The van der Waals surface area contributed by atoms with Gasteiger partial charge in [-0.1, -0.05) is 0 Å². The van der Waals surface area contributed by atoms with Gasteiger partial charge < -0.3 is 4.90 Å². The third-order valence-electron chi connectivity index (χ3n) is 5.50. The van der Waals surface area contributed by atoms with E-state index in [1.54, 1.807) is 6.92 Å². The zero-order valence-electron chi connectivity index (χ0n) is 16.1. The molecule has 3 heterocycles. The van der Waals surface area contributed by atoms with Crippen LogP contribution in [0, 0.1) is 18.6 Å². The normalized spacial score (nSPS) is 13.6. The Labute approximate surface area is 163 Å². The highest BCUT2D eigenvalue weighted by molar-refractivity contribution is 5.99. The third-order valence-corrected chi connectivity index (χ3v) is 5.50. The fraction of sp³-hybridized carbons (Fsp3) is 0.300. The highest BCUT2D eigenvalue weighted by Gasteiger charge is 2.26. The number of benzene rings is 1. The van der Waals surface area contributed by atoms with Gasteiger partial charge in [0, 0.05) is 33.4 Å². The summed E-state index contributed by atoms with van der Waals surface area (Å²) in [6.07, 6.45) is 1.74. The summed E-state index contributed by atoms with van der Waals surface area (Å²) in [7, 11) is 2.88. The van der Waals surface area contributed by atoms with Crippen LogP contribution in [0.5, 0.6) is 0 Å². The SMILES string of the molecule is Cc1c(C(=O)N2CCc3cc(F)c(F)cc3C2)cnc2c1c(=O)n(C)c(=O)n2C. The van der Waals surface area contributed by atoms with E-state index in [4.69, 9.17) is 0 Å². The van der Waals surface area contributed by atoms with Gasteiger partial charge in [0.05, 0.1) is 10.9 Å². The molecule has 0 fully saturated rings. The number of aryl methyl sites for hydroxylation is 2. The summed E-state index contributed by atoms with van der Waals surface area (Å²) >= 11 is 0. The molecule has 0 atom stereocenters. The van der Waals surface area contributed by atoms with Crippen LogP contribution in [0.3, 0.4) is 0 Å². The van der Waals surface area contributed by atoms with E-state index >= 15 is 0 Å². The Bertz CT molecular complexity index is 1310. The van der Waals surface area contributed by atoms with Crippen LogP contribution >= 0.6 is 0 Å². The lowest BCUT2D eigenvalue weighted by molar-refractivity contribution is 0.0733. The first-order valence-corrected chi connectivity index (χ1v) is 9.02. The zero-order valence-corrected chi connectivity index (χ0v) is 16.1. The van der Waals surface area contributed by atoms with E-state index in [2.05, 4.69) is 4.98 Å². The largest absolute Gasteiger partial charge is 0.334 e. The molecule has 4 rings (SSSR count). The molecule has 3 aromatic rings. The van der Waals surface area contributed by atoms with E-state index in [-0.39, 0.29) is 29.0 Å². The molecule has 0 radical (unpaired) electrons. The van der Waals surface area contributed by atoms with Crippen molar-refractivity contribution in [3.05, 3.63) is 73.1 Å². The molecule has 1 aliphatic rings. The first-order chi connectivity index (χ1) is 13.7. The van der Waals surface area contributed by atoms with Crippen LogP contribution < -0.4 is 11.2 Å². The maximum atomic E-state index is 13.6. The molecule has 0 spiro atoms. The first kappa shape index (κ1) is 19.0. The number of aromatic nitrogens is 3. The van der Waals surface area contributed by atoms with Gasteiger partial charge in [-0.15, -0.1) is 0 Å². The number of halogens is 2. The van der Waals surface area contributed by atoms with E-state index < -0.39 is 22.9 Å². The molecule has 0 aliphatic carbocycles. The number of hydrogen-bond donors (Lipinski definition) is 0. The predicted octanol–water partition coefficient (Wildman–Crippen LogP) is 1.42. The highest BCUT2D eigenvalue weighted by Crippen LogP contribution is 2.25. The zero-order chi connectivity index (χ0) is 21.0. The van der Waals surface area contributed by atoms with Gasteiger partial charge in [0.2, 0.25) is 0 Å². The van der Waals surface area contributed by atoms with Crippen molar-refractivity contribution in [1.29, 1.82) is 0 Å². The maximum absolute atomic E-state index is 13.6. The number of amides is 1. The summed E-state index contributed by atoms with van der Waals surface area (Å²) in [6, 6.07) is 2.28. The standard InChI is InChI=1S/C20H18F2N4O3/c1-10-13(8-23-17-16(10)19(28)25(3)20(29)24(17)2)18(27)26-5-4-11-6-14(21)15(22)7-12(11)9-26/h6-8H,4-5,9H2,1-3H3. The van der Waals surface area contributed by atoms with E-state index in [1.165, 1.54) is 35.8 Å². The van der Waals surface area contributed by atoms with Crippen LogP contribution in [0.4, 0.5) is 8.78 Å². The van der Waals surface area contributed by atoms with Gasteiger partial charge in [0.25, 0.3) is 11.5 Å². The Morgan fingerprint density at radius 1 is 1.07 bits per heavy atom. The summed E-state index contributed by atoms with van der Waals surface area (Å²) < 4.78 is 29.3. The number of rotatable bonds is 1. The van der Waals surface area contributed by atoms with Crippen molar-refractivity contribution in [3.8, 4) is 0 Å². The topological polar surface area (TPSA) is 77.2 Å². The van der Waals surface area contributed by atoms with Gasteiger partial charge in [-0.3, -0.25) is 18.7 Å². The summed E-state index contributed by atoms with van der Waals surface area (Å²) in [6.45, 7) is 2.10. The van der Waals surface area contributed by atoms with Crippen molar-refractivity contribution in [2.45, 2.75) is 19.9 Å².